The van der Waals surface area contributed by atoms with Gasteiger partial charge in [0.2, 0.25) is 5.91 Å². The molecular formula is C20H25N3O. The highest BCUT2D eigenvalue weighted by Gasteiger charge is 2.26. The number of fused-ring (bicyclic) bond motifs is 1. The van der Waals surface area contributed by atoms with E-state index in [4.69, 9.17) is 0 Å². The van der Waals surface area contributed by atoms with Gasteiger partial charge in [-0.05, 0) is 64.2 Å². The number of hydrogen-bond acceptors (Lipinski definition) is 2. The van der Waals surface area contributed by atoms with Crippen LogP contribution < -0.4 is 5.32 Å². The number of aromatic nitrogens is 2. The van der Waals surface area contributed by atoms with Crippen LogP contribution in [0.2, 0.25) is 0 Å². The summed E-state index contributed by atoms with van der Waals surface area (Å²) in [7, 11) is 0. The first-order valence-corrected chi connectivity index (χ1v) is 8.56. The topological polar surface area (TPSA) is 46.9 Å². The number of hydrogen-bond donors (Lipinski definition) is 1. The van der Waals surface area contributed by atoms with Crippen LogP contribution in [0.1, 0.15) is 55.1 Å². The fourth-order valence-corrected chi connectivity index (χ4v) is 3.36. The number of amides is 1. The van der Waals surface area contributed by atoms with Gasteiger partial charge in [-0.15, -0.1) is 0 Å². The summed E-state index contributed by atoms with van der Waals surface area (Å²) in [6.07, 6.45) is 6.60. The lowest BCUT2D eigenvalue weighted by Crippen LogP contribution is -2.29. The molecule has 3 rings (SSSR count). The third-order valence-corrected chi connectivity index (χ3v) is 4.72. The quantitative estimate of drug-likeness (QED) is 0.869. The van der Waals surface area contributed by atoms with Crippen molar-refractivity contribution >= 4 is 5.91 Å². The number of nitrogens with one attached hydrogen (secondary N) is 1. The van der Waals surface area contributed by atoms with E-state index < -0.39 is 0 Å². The molecule has 0 saturated carbocycles. The number of aryl methyl sites for hydroxylation is 1. The summed E-state index contributed by atoms with van der Waals surface area (Å²) < 4.78 is 2.05. The van der Waals surface area contributed by atoms with Crippen molar-refractivity contribution < 1.29 is 4.79 Å². The maximum Gasteiger partial charge on any atom is 0.244 e. The van der Waals surface area contributed by atoms with Crippen LogP contribution in [-0.4, -0.2) is 15.7 Å². The summed E-state index contributed by atoms with van der Waals surface area (Å²) in [5.41, 5.74) is 7.03. The largest absolute Gasteiger partial charge is 0.346 e. The monoisotopic (exact) mass is 323 g/mol. The predicted octanol–water partition coefficient (Wildman–Crippen LogP) is 3.95. The van der Waals surface area contributed by atoms with Gasteiger partial charge in [0.05, 0.1) is 17.9 Å². The molecule has 0 bridgehead atoms. The third kappa shape index (κ3) is 3.14. The van der Waals surface area contributed by atoms with Gasteiger partial charge in [-0.1, -0.05) is 17.7 Å². The van der Waals surface area contributed by atoms with E-state index in [9.17, 15) is 4.79 Å². The Morgan fingerprint density at radius 2 is 2.12 bits per heavy atom. The van der Waals surface area contributed by atoms with Crippen molar-refractivity contribution in [1.29, 1.82) is 0 Å². The van der Waals surface area contributed by atoms with Crippen LogP contribution in [0.3, 0.4) is 0 Å². The molecule has 4 nitrogen and oxygen atoms in total. The Bertz CT molecular complexity index is 797. The zero-order chi connectivity index (χ0) is 17.3. The lowest BCUT2D eigenvalue weighted by atomic mass is 9.92. The van der Waals surface area contributed by atoms with Crippen LogP contribution in [0.5, 0.6) is 0 Å². The van der Waals surface area contributed by atoms with Crippen molar-refractivity contribution in [1.82, 2.24) is 15.1 Å². The first-order chi connectivity index (χ1) is 11.5. The fourth-order valence-electron chi connectivity index (χ4n) is 3.36. The summed E-state index contributed by atoms with van der Waals surface area (Å²) in [6, 6.07) is 6.36. The van der Waals surface area contributed by atoms with Gasteiger partial charge >= 0.3 is 0 Å². The molecule has 0 fully saturated rings. The van der Waals surface area contributed by atoms with Gasteiger partial charge in [0.15, 0.2) is 0 Å². The Kier molecular flexibility index (Phi) is 4.56. The normalized spacial score (nSPS) is 16.4. The van der Waals surface area contributed by atoms with Crippen molar-refractivity contribution in [2.24, 2.45) is 0 Å². The van der Waals surface area contributed by atoms with Crippen molar-refractivity contribution in [3.8, 4) is 5.69 Å². The number of allylic oxidation sites excluding steroid dienone is 1. The molecule has 1 amide bonds. The smallest absolute Gasteiger partial charge is 0.244 e. The first kappa shape index (κ1) is 16.5. The molecule has 1 aliphatic carbocycles. The highest BCUT2D eigenvalue weighted by atomic mass is 16.1. The standard InChI is InChI=1S/C20H25N3O/c1-13(2)11-20(24)22-17-8-6-10-19-16(17)12-21-23(19)18-9-5-7-14(3)15(18)4/h5,7,9,11-12,17H,6,8,10H2,1-4H3,(H,22,24)/t17-/m0/s1. The van der Waals surface area contributed by atoms with Crippen molar-refractivity contribution in [2.75, 3.05) is 0 Å². The molecule has 2 aromatic rings. The Hall–Kier alpha value is -2.36. The molecule has 1 aliphatic rings. The van der Waals surface area contributed by atoms with Crippen LogP contribution in [0.4, 0.5) is 0 Å². The van der Waals surface area contributed by atoms with Crippen LogP contribution in [-0.2, 0) is 11.2 Å². The van der Waals surface area contributed by atoms with Gasteiger partial charge in [0.1, 0.15) is 0 Å². The molecule has 0 unspecified atom stereocenters. The Labute approximate surface area is 143 Å². The van der Waals surface area contributed by atoms with E-state index in [1.54, 1.807) is 6.08 Å². The van der Waals surface area contributed by atoms with Crippen LogP contribution >= 0.6 is 0 Å². The Balaban J connectivity index is 1.94. The average Bonchev–Trinajstić information content (AvgIpc) is 2.94. The molecule has 0 spiro atoms. The molecule has 1 aromatic heterocycles. The van der Waals surface area contributed by atoms with Crippen LogP contribution in [0.15, 0.2) is 36.0 Å². The molecule has 0 saturated heterocycles. The maximum absolute atomic E-state index is 12.1. The zero-order valence-corrected chi connectivity index (χ0v) is 14.9. The second kappa shape index (κ2) is 6.63. The molecule has 4 heteroatoms. The molecule has 1 aromatic carbocycles. The number of rotatable bonds is 3. The van der Waals surface area contributed by atoms with Gasteiger partial charge in [0.25, 0.3) is 0 Å². The lowest BCUT2D eigenvalue weighted by Gasteiger charge is -2.24. The summed E-state index contributed by atoms with van der Waals surface area (Å²) in [4.78, 5) is 12.1. The predicted molar refractivity (Wildman–Crippen MR) is 96.3 cm³/mol. The van der Waals surface area contributed by atoms with E-state index >= 15 is 0 Å². The van der Waals surface area contributed by atoms with Crippen molar-refractivity contribution in [3.63, 3.8) is 0 Å². The van der Waals surface area contributed by atoms with E-state index in [-0.39, 0.29) is 11.9 Å². The zero-order valence-electron chi connectivity index (χ0n) is 14.9. The highest BCUT2D eigenvalue weighted by molar-refractivity contribution is 5.88. The molecule has 0 radical (unpaired) electrons. The van der Waals surface area contributed by atoms with E-state index in [1.165, 1.54) is 16.8 Å². The molecular weight excluding hydrogens is 298 g/mol. The number of carbonyl (C=O) groups is 1. The van der Waals surface area contributed by atoms with Crippen molar-refractivity contribution in [3.05, 3.63) is 58.4 Å². The maximum atomic E-state index is 12.1. The molecule has 126 valence electrons. The number of carbonyl (C=O) groups excluding carboxylic acids is 1. The molecule has 1 atom stereocenters. The Morgan fingerprint density at radius 1 is 1.33 bits per heavy atom. The second-order valence-electron chi connectivity index (χ2n) is 6.85. The average molecular weight is 323 g/mol. The minimum Gasteiger partial charge on any atom is -0.346 e. The second-order valence-corrected chi connectivity index (χ2v) is 6.85. The first-order valence-electron chi connectivity index (χ1n) is 8.56. The third-order valence-electron chi connectivity index (χ3n) is 4.72. The number of nitrogens with zero attached hydrogens (tertiary/aromatic N) is 2. The van der Waals surface area contributed by atoms with Crippen LogP contribution in [0.25, 0.3) is 5.69 Å². The van der Waals surface area contributed by atoms with Crippen LogP contribution in [0, 0.1) is 13.8 Å². The van der Waals surface area contributed by atoms with Gasteiger partial charge in [-0.25, -0.2) is 4.68 Å². The van der Waals surface area contributed by atoms with E-state index in [1.807, 2.05) is 20.0 Å². The molecule has 1 heterocycles. The Morgan fingerprint density at radius 3 is 2.88 bits per heavy atom. The fraction of sp³-hybridized carbons (Fsp3) is 0.400. The van der Waals surface area contributed by atoms with E-state index in [0.29, 0.717) is 0 Å². The lowest BCUT2D eigenvalue weighted by molar-refractivity contribution is -0.117. The SMILES string of the molecule is CC(C)=CC(=O)N[C@H]1CCCc2c1cnn2-c1cccc(C)c1C. The number of benzene rings is 1. The summed E-state index contributed by atoms with van der Waals surface area (Å²) in [6.45, 7) is 8.13. The van der Waals surface area contributed by atoms with Gasteiger partial charge in [-0.2, -0.15) is 5.10 Å². The highest BCUT2D eigenvalue weighted by Crippen LogP contribution is 2.32. The van der Waals surface area contributed by atoms with Gasteiger partial charge in [0, 0.05) is 17.3 Å². The minimum absolute atomic E-state index is 0.0210. The van der Waals surface area contributed by atoms with Crippen molar-refractivity contribution in [2.45, 2.75) is 53.0 Å². The van der Waals surface area contributed by atoms with E-state index in [2.05, 4.69) is 47.1 Å². The van der Waals surface area contributed by atoms with E-state index in [0.717, 1.165) is 36.1 Å². The van der Waals surface area contributed by atoms with Gasteiger partial charge < -0.3 is 5.32 Å². The molecule has 1 N–H and O–H groups in total. The summed E-state index contributed by atoms with van der Waals surface area (Å²) in [5.74, 6) is -0.0210. The molecule has 24 heavy (non-hydrogen) atoms. The molecule has 0 aliphatic heterocycles. The minimum atomic E-state index is -0.0210. The summed E-state index contributed by atoms with van der Waals surface area (Å²) in [5, 5.41) is 7.77. The van der Waals surface area contributed by atoms with Gasteiger partial charge in [-0.3, -0.25) is 4.79 Å². The summed E-state index contributed by atoms with van der Waals surface area (Å²) >= 11 is 0.